The number of nitrogens with zero attached hydrogens (tertiary/aromatic N) is 1. The molecular formula is C11H18N4O. The van der Waals surface area contributed by atoms with E-state index in [1.165, 1.54) is 0 Å². The van der Waals surface area contributed by atoms with Crippen molar-refractivity contribution in [1.82, 2.24) is 20.6 Å². The van der Waals surface area contributed by atoms with E-state index in [9.17, 15) is 4.79 Å². The molecule has 2 heterocycles. The maximum atomic E-state index is 11.6. The van der Waals surface area contributed by atoms with Gasteiger partial charge in [-0.25, -0.2) is 4.98 Å². The molecule has 0 unspecified atom stereocenters. The molecule has 0 aliphatic carbocycles. The molecule has 0 atom stereocenters. The van der Waals surface area contributed by atoms with Gasteiger partial charge in [0.05, 0.1) is 18.6 Å². The van der Waals surface area contributed by atoms with E-state index in [-0.39, 0.29) is 5.91 Å². The molecule has 88 valence electrons. The van der Waals surface area contributed by atoms with Gasteiger partial charge in [0.25, 0.3) is 0 Å². The van der Waals surface area contributed by atoms with Crippen molar-refractivity contribution >= 4 is 5.91 Å². The fraction of sp³-hybridized carbons (Fsp3) is 0.636. The Morgan fingerprint density at radius 3 is 3.00 bits per heavy atom. The van der Waals surface area contributed by atoms with E-state index in [0.29, 0.717) is 18.9 Å². The van der Waals surface area contributed by atoms with Crippen LogP contribution in [0.5, 0.6) is 0 Å². The summed E-state index contributed by atoms with van der Waals surface area (Å²) < 4.78 is 0. The summed E-state index contributed by atoms with van der Waals surface area (Å²) in [6, 6.07) is 0. The largest absolute Gasteiger partial charge is 0.350 e. The first kappa shape index (κ1) is 11.1. The van der Waals surface area contributed by atoms with Crippen LogP contribution in [0, 0.1) is 5.92 Å². The Balaban J connectivity index is 1.67. The average molecular weight is 222 g/mol. The summed E-state index contributed by atoms with van der Waals surface area (Å²) in [5.41, 5.74) is 0.943. The number of hydrogen-bond acceptors (Lipinski definition) is 3. The van der Waals surface area contributed by atoms with E-state index in [2.05, 4.69) is 20.6 Å². The molecular weight excluding hydrogens is 204 g/mol. The van der Waals surface area contributed by atoms with Crippen LogP contribution in [-0.4, -0.2) is 29.0 Å². The molecule has 2 rings (SSSR count). The van der Waals surface area contributed by atoms with Crippen molar-refractivity contribution in [3.05, 3.63) is 18.2 Å². The molecule has 1 fully saturated rings. The van der Waals surface area contributed by atoms with Gasteiger partial charge in [-0.3, -0.25) is 4.79 Å². The van der Waals surface area contributed by atoms with Crippen molar-refractivity contribution in [2.24, 2.45) is 5.92 Å². The molecule has 0 aromatic carbocycles. The smallest absolute Gasteiger partial charge is 0.220 e. The summed E-state index contributed by atoms with van der Waals surface area (Å²) in [5.74, 6) is 0.685. The van der Waals surface area contributed by atoms with Crippen LogP contribution in [-0.2, 0) is 11.3 Å². The number of carbonyl (C=O) groups is 1. The van der Waals surface area contributed by atoms with Crippen molar-refractivity contribution in [3.8, 4) is 0 Å². The molecule has 0 radical (unpaired) electrons. The standard InChI is InChI=1S/C11H18N4O/c16-11(5-9-1-3-12-4-2-9)14-7-10-6-13-8-15-10/h6,8-9,12H,1-5,7H2,(H,13,15)(H,14,16). The topological polar surface area (TPSA) is 69.8 Å². The third-order valence-corrected chi connectivity index (χ3v) is 2.96. The highest BCUT2D eigenvalue weighted by atomic mass is 16.1. The molecule has 1 aliphatic heterocycles. The molecule has 1 amide bonds. The van der Waals surface area contributed by atoms with Gasteiger partial charge in [0.2, 0.25) is 5.91 Å². The van der Waals surface area contributed by atoms with E-state index >= 15 is 0 Å². The minimum Gasteiger partial charge on any atom is -0.350 e. The van der Waals surface area contributed by atoms with Gasteiger partial charge in [-0.05, 0) is 31.8 Å². The molecule has 0 bridgehead atoms. The molecule has 1 aliphatic rings. The van der Waals surface area contributed by atoms with Crippen molar-refractivity contribution in [1.29, 1.82) is 0 Å². The summed E-state index contributed by atoms with van der Waals surface area (Å²) in [6.07, 6.45) is 6.21. The van der Waals surface area contributed by atoms with E-state index in [1.54, 1.807) is 12.5 Å². The monoisotopic (exact) mass is 222 g/mol. The molecule has 16 heavy (non-hydrogen) atoms. The second kappa shape index (κ2) is 5.65. The van der Waals surface area contributed by atoms with Crippen LogP contribution in [0.25, 0.3) is 0 Å². The van der Waals surface area contributed by atoms with Crippen LogP contribution in [0.2, 0.25) is 0 Å². The second-order valence-corrected chi connectivity index (χ2v) is 4.25. The van der Waals surface area contributed by atoms with E-state index in [4.69, 9.17) is 0 Å². The predicted octanol–water partition coefficient (Wildman–Crippen LogP) is 0.416. The number of hydrogen-bond donors (Lipinski definition) is 3. The number of rotatable bonds is 4. The number of aromatic amines is 1. The highest BCUT2D eigenvalue weighted by Gasteiger charge is 2.16. The van der Waals surface area contributed by atoms with Crippen LogP contribution in [0.1, 0.15) is 25.0 Å². The lowest BCUT2D eigenvalue weighted by Crippen LogP contribution is -2.32. The summed E-state index contributed by atoms with van der Waals surface area (Å²) in [6.45, 7) is 2.63. The SMILES string of the molecule is O=C(CC1CCNCC1)NCc1cnc[nH]1. The van der Waals surface area contributed by atoms with E-state index in [0.717, 1.165) is 31.6 Å². The number of aromatic nitrogens is 2. The van der Waals surface area contributed by atoms with Gasteiger partial charge in [-0.1, -0.05) is 0 Å². The van der Waals surface area contributed by atoms with Gasteiger partial charge in [-0.15, -0.1) is 0 Å². The lowest BCUT2D eigenvalue weighted by molar-refractivity contribution is -0.122. The zero-order chi connectivity index (χ0) is 11.2. The first-order valence-electron chi connectivity index (χ1n) is 5.79. The number of piperidine rings is 1. The lowest BCUT2D eigenvalue weighted by Gasteiger charge is -2.21. The highest BCUT2D eigenvalue weighted by Crippen LogP contribution is 2.15. The quantitative estimate of drug-likeness (QED) is 0.691. The fourth-order valence-corrected chi connectivity index (χ4v) is 2.00. The van der Waals surface area contributed by atoms with Crippen LogP contribution < -0.4 is 10.6 Å². The van der Waals surface area contributed by atoms with Gasteiger partial charge in [0.1, 0.15) is 0 Å². The third kappa shape index (κ3) is 3.34. The Hall–Kier alpha value is -1.36. The molecule has 5 nitrogen and oxygen atoms in total. The Morgan fingerprint density at radius 1 is 1.50 bits per heavy atom. The maximum Gasteiger partial charge on any atom is 0.220 e. The first-order chi connectivity index (χ1) is 7.84. The maximum absolute atomic E-state index is 11.6. The van der Waals surface area contributed by atoms with Gasteiger partial charge in [-0.2, -0.15) is 0 Å². The van der Waals surface area contributed by atoms with E-state index < -0.39 is 0 Å². The lowest BCUT2D eigenvalue weighted by atomic mass is 9.94. The first-order valence-corrected chi connectivity index (χ1v) is 5.79. The van der Waals surface area contributed by atoms with Crippen LogP contribution >= 0.6 is 0 Å². The molecule has 3 N–H and O–H groups in total. The van der Waals surface area contributed by atoms with Crippen molar-refractivity contribution in [2.45, 2.75) is 25.8 Å². The highest BCUT2D eigenvalue weighted by molar-refractivity contribution is 5.76. The molecule has 1 aromatic heterocycles. The average Bonchev–Trinajstić information content (AvgIpc) is 2.81. The summed E-state index contributed by atoms with van der Waals surface area (Å²) in [4.78, 5) is 18.5. The van der Waals surface area contributed by atoms with Crippen LogP contribution in [0.3, 0.4) is 0 Å². The van der Waals surface area contributed by atoms with Crippen LogP contribution in [0.15, 0.2) is 12.5 Å². The second-order valence-electron chi connectivity index (χ2n) is 4.25. The number of imidazole rings is 1. The molecule has 0 spiro atoms. The zero-order valence-electron chi connectivity index (χ0n) is 9.33. The summed E-state index contributed by atoms with van der Waals surface area (Å²) in [5, 5.41) is 6.20. The Morgan fingerprint density at radius 2 is 2.31 bits per heavy atom. The van der Waals surface area contributed by atoms with Gasteiger partial charge < -0.3 is 15.6 Å². The number of carbonyl (C=O) groups excluding carboxylic acids is 1. The van der Waals surface area contributed by atoms with Crippen LogP contribution in [0.4, 0.5) is 0 Å². The minimum atomic E-state index is 0.140. The van der Waals surface area contributed by atoms with Gasteiger partial charge in [0, 0.05) is 12.6 Å². The van der Waals surface area contributed by atoms with Crippen molar-refractivity contribution in [3.63, 3.8) is 0 Å². The fourth-order valence-electron chi connectivity index (χ4n) is 2.00. The molecule has 5 heteroatoms. The molecule has 1 aromatic rings. The van der Waals surface area contributed by atoms with E-state index in [1.807, 2.05) is 0 Å². The number of nitrogens with one attached hydrogen (secondary N) is 3. The predicted molar refractivity (Wildman–Crippen MR) is 60.6 cm³/mol. The normalized spacial score (nSPS) is 17.2. The Labute approximate surface area is 95.0 Å². The summed E-state index contributed by atoms with van der Waals surface area (Å²) >= 11 is 0. The van der Waals surface area contributed by atoms with Gasteiger partial charge in [0.15, 0.2) is 0 Å². The molecule has 1 saturated heterocycles. The van der Waals surface area contributed by atoms with Gasteiger partial charge >= 0.3 is 0 Å². The summed E-state index contributed by atoms with van der Waals surface area (Å²) in [7, 11) is 0. The van der Waals surface area contributed by atoms with Crippen molar-refractivity contribution < 1.29 is 4.79 Å². The molecule has 0 saturated carbocycles. The Bertz CT molecular complexity index is 317. The number of H-pyrrole nitrogens is 1. The third-order valence-electron chi connectivity index (χ3n) is 2.96. The van der Waals surface area contributed by atoms with Crippen molar-refractivity contribution in [2.75, 3.05) is 13.1 Å². The Kier molecular flexibility index (Phi) is 3.93. The minimum absolute atomic E-state index is 0.140. The number of amides is 1. The zero-order valence-corrected chi connectivity index (χ0v) is 9.33.